The van der Waals surface area contributed by atoms with Gasteiger partial charge in [0.15, 0.2) is 0 Å². The number of ether oxygens (including phenoxy) is 1. The zero-order valence-corrected chi connectivity index (χ0v) is 13.8. The molecule has 1 aliphatic heterocycles. The van der Waals surface area contributed by atoms with Gasteiger partial charge in [0.05, 0.1) is 17.3 Å². The summed E-state index contributed by atoms with van der Waals surface area (Å²) in [5.74, 6) is 0.191. The first kappa shape index (κ1) is 19.2. The van der Waals surface area contributed by atoms with E-state index in [9.17, 15) is 26.3 Å². The number of hydrogen-bond acceptors (Lipinski definition) is 5. The number of nitrogens with zero attached hydrogens (tertiary/aromatic N) is 4. The van der Waals surface area contributed by atoms with Crippen LogP contribution < -0.4 is 9.64 Å². The maximum atomic E-state index is 12.7. The Balaban J connectivity index is 1.58. The molecule has 0 bridgehead atoms. The third kappa shape index (κ3) is 4.77. The van der Waals surface area contributed by atoms with Crippen LogP contribution in [-0.2, 0) is 12.4 Å². The second-order valence-electron chi connectivity index (χ2n) is 5.99. The summed E-state index contributed by atoms with van der Waals surface area (Å²) in [7, 11) is 0. The Kier molecular flexibility index (Phi) is 5.11. The molecule has 2 aromatic heterocycles. The van der Waals surface area contributed by atoms with E-state index >= 15 is 0 Å². The van der Waals surface area contributed by atoms with Crippen LogP contribution >= 0.6 is 0 Å². The van der Waals surface area contributed by atoms with Gasteiger partial charge in [-0.25, -0.2) is 4.98 Å². The van der Waals surface area contributed by atoms with Crippen LogP contribution in [0.1, 0.15) is 24.0 Å². The molecule has 146 valence electrons. The molecule has 2 aromatic rings. The summed E-state index contributed by atoms with van der Waals surface area (Å²) < 4.78 is 81.2. The first-order valence-electron chi connectivity index (χ1n) is 7.98. The van der Waals surface area contributed by atoms with Crippen molar-refractivity contribution in [3.8, 4) is 5.88 Å². The van der Waals surface area contributed by atoms with Crippen LogP contribution in [0.4, 0.5) is 32.2 Å². The Morgan fingerprint density at radius 1 is 0.926 bits per heavy atom. The monoisotopic (exact) mass is 392 g/mol. The molecule has 0 aromatic carbocycles. The quantitative estimate of drug-likeness (QED) is 0.741. The molecule has 27 heavy (non-hydrogen) atoms. The lowest BCUT2D eigenvalue weighted by Gasteiger charge is -2.32. The van der Waals surface area contributed by atoms with Crippen molar-refractivity contribution in [2.45, 2.75) is 31.3 Å². The van der Waals surface area contributed by atoms with Crippen LogP contribution in [0.2, 0.25) is 0 Å². The van der Waals surface area contributed by atoms with Crippen molar-refractivity contribution < 1.29 is 31.1 Å². The molecule has 0 amide bonds. The average molecular weight is 392 g/mol. The van der Waals surface area contributed by atoms with Gasteiger partial charge in [0.25, 0.3) is 0 Å². The molecule has 0 aliphatic carbocycles. The molecule has 5 nitrogen and oxygen atoms in total. The van der Waals surface area contributed by atoms with E-state index in [1.54, 1.807) is 4.90 Å². The van der Waals surface area contributed by atoms with Gasteiger partial charge in [-0.1, -0.05) is 0 Å². The van der Waals surface area contributed by atoms with Crippen molar-refractivity contribution >= 4 is 5.82 Å². The molecule has 11 heteroatoms. The van der Waals surface area contributed by atoms with Crippen LogP contribution in [0.15, 0.2) is 30.6 Å². The number of hydrogen-bond donors (Lipinski definition) is 0. The standard InChI is InChI=1S/C16H14F6N4O/c17-15(18,19)10-1-2-13(23-8-10)26-5-3-12(4-6-26)27-14-7-11(9-24-25-14)16(20,21)22/h1-2,7-9,12H,3-6H2. The number of piperidine rings is 1. The zero-order chi connectivity index (χ0) is 19.7. The highest BCUT2D eigenvalue weighted by Gasteiger charge is 2.33. The fraction of sp³-hybridized carbons (Fsp3) is 0.438. The third-order valence-electron chi connectivity index (χ3n) is 4.09. The fourth-order valence-corrected chi connectivity index (χ4v) is 2.67. The van der Waals surface area contributed by atoms with Crippen molar-refractivity contribution in [2.24, 2.45) is 0 Å². The molecule has 3 rings (SSSR count). The van der Waals surface area contributed by atoms with Crippen LogP contribution in [0.5, 0.6) is 5.88 Å². The van der Waals surface area contributed by atoms with Crippen molar-refractivity contribution in [1.29, 1.82) is 0 Å². The number of aromatic nitrogens is 3. The topological polar surface area (TPSA) is 51.1 Å². The van der Waals surface area contributed by atoms with E-state index in [0.29, 0.717) is 37.9 Å². The minimum Gasteiger partial charge on any atom is -0.473 e. The van der Waals surface area contributed by atoms with E-state index in [0.717, 1.165) is 18.3 Å². The van der Waals surface area contributed by atoms with Crippen LogP contribution in [0.3, 0.4) is 0 Å². The Labute approximate surface area is 150 Å². The van der Waals surface area contributed by atoms with Gasteiger partial charge < -0.3 is 9.64 Å². The van der Waals surface area contributed by atoms with Crippen LogP contribution in [0, 0.1) is 0 Å². The van der Waals surface area contributed by atoms with Gasteiger partial charge in [0, 0.05) is 38.2 Å². The number of anilines is 1. The van der Waals surface area contributed by atoms with Gasteiger partial charge in [-0.15, -0.1) is 5.10 Å². The van der Waals surface area contributed by atoms with Crippen LogP contribution in [0.25, 0.3) is 0 Å². The lowest BCUT2D eigenvalue weighted by atomic mass is 10.1. The molecule has 0 spiro atoms. The van der Waals surface area contributed by atoms with Crippen molar-refractivity contribution in [2.75, 3.05) is 18.0 Å². The summed E-state index contributed by atoms with van der Waals surface area (Å²) in [6.45, 7) is 0.880. The molecule has 0 unspecified atom stereocenters. The third-order valence-corrected chi connectivity index (χ3v) is 4.09. The predicted octanol–water partition coefficient (Wildman–Crippen LogP) is 3.96. The normalized spacial score (nSPS) is 16.4. The first-order chi connectivity index (χ1) is 12.6. The van der Waals surface area contributed by atoms with E-state index in [2.05, 4.69) is 15.2 Å². The SMILES string of the molecule is FC(F)(F)c1ccc(N2CCC(Oc3cc(C(F)(F)F)cnn3)CC2)nc1. The molecule has 0 atom stereocenters. The van der Waals surface area contributed by atoms with Gasteiger partial charge in [-0.3, -0.25) is 0 Å². The maximum absolute atomic E-state index is 12.7. The molecule has 0 saturated carbocycles. The minimum absolute atomic E-state index is 0.212. The number of alkyl halides is 6. The first-order valence-corrected chi connectivity index (χ1v) is 7.98. The van der Waals surface area contributed by atoms with Crippen molar-refractivity contribution in [3.05, 3.63) is 41.7 Å². The number of pyridine rings is 1. The largest absolute Gasteiger partial charge is 0.473 e. The van der Waals surface area contributed by atoms with Gasteiger partial charge in [-0.05, 0) is 12.1 Å². The van der Waals surface area contributed by atoms with Crippen LogP contribution in [-0.4, -0.2) is 34.4 Å². The molecule has 1 saturated heterocycles. The lowest BCUT2D eigenvalue weighted by Crippen LogP contribution is -2.38. The Morgan fingerprint density at radius 3 is 2.15 bits per heavy atom. The van der Waals surface area contributed by atoms with E-state index in [4.69, 9.17) is 4.74 Å². The van der Waals surface area contributed by atoms with E-state index in [1.807, 2.05) is 0 Å². The molecule has 1 aliphatic rings. The highest BCUT2D eigenvalue weighted by Crippen LogP contribution is 2.31. The highest BCUT2D eigenvalue weighted by molar-refractivity contribution is 5.40. The molecular weight excluding hydrogens is 378 g/mol. The molecule has 0 N–H and O–H groups in total. The summed E-state index contributed by atoms with van der Waals surface area (Å²) in [5.41, 5.74) is -1.77. The number of halogens is 6. The smallest absolute Gasteiger partial charge is 0.418 e. The lowest BCUT2D eigenvalue weighted by molar-refractivity contribution is -0.138. The summed E-state index contributed by atoms with van der Waals surface area (Å²) in [6, 6.07) is 3.04. The highest BCUT2D eigenvalue weighted by atomic mass is 19.4. The molecule has 3 heterocycles. The minimum atomic E-state index is -4.54. The Hall–Kier alpha value is -2.59. The molecule has 0 radical (unpaired) electrons. The summed E-state index contributed by atoms with van der Waals surface area (Å²) in [6.07, 6.45) is -7.04. The summed E-state index contributed by atoms with van der Waals surface area (Å²) in [5, 5.41) is 6.85. The summed E-state index contributed by atoms with van der Waals surface area (Å²) >= 11 is 0. The average Bonchev–Trinajstić information content (AvgIpc) is 2.61. The number of rotatable bonds is 3. The van der Waals surface area contributed by atoms with Crippen molar-refractivity contribution in [1.82, 2.24) is 15.2 Å². The van der Waals surface area contributed by atoms with E-state index < -0.39 is 23.5 Å². The Morgan fingerprint density at radius 2 is 1.59 bits per heavy atom. The van der Waals surface area contributed by atoms with E-state index in [1.165, 1.54) is 6.07 Å². The van der Waals surface area contributed by atoms with Gasteiger partial charge in [-0.2, -0.15) is 31.4 Å². The zero-order valence-electron chi connectivity index (χ0n) is 13.8. The molecule has 1 fully saturated rings. The summed E-state index contributed by atoms with van der Waals surface area (Å²) in [4.78, 5) is 5.62. The Bertz CT molecular complexity index is 770. The molecular formula is C16H14F6N4O. The predicted molar refractivity (Wildman–Crippen MR) is 82.1 cm³/mol. The van der Waals surface area contributed by atoms with Gasteiger partial charge >= 0.3 is 12.4 Å². The van der Waals surface area contributed by atoms with Gasteiger partial charge in [0.1, 0.15) is 11.9 Å². The van der Waals surface area contributed by atoms with E-state index in [-0.39, 0.29) is 12.0 Å². The fourth-order valence-electron chi connectivity index (χ4n) is 2.67. The second-order valence-corrected chi connectivity index (χ2v) is 5.99. The second kappa shape index (κ2) is 7.20. The van der Waals surface area contributed by atoms with Crippen molar-refractivity contribution in [3.63, 3.8) is 0 Å². The maximum Gasteiger partial charge on any atom is 0.418 e. The van der Waals surface area contributed by atoms with Gasteiger partial charge in [0.2, 0.25) is 5.88 Å².